The van der Waals surface area contributed by atoms with Gasteiger partial charge < -0.3 is 20.9 Å². The molecule has 0 radical (unpaired) electrons. The first kappa shape index (κ1) is 36.1. The number of nitrogens with two attached hydrogens (primary N) is 2. The monoisotopic (exact) mass is 628 g/mol. The van der Waals surface area contributed by atoms with E-state index in [0.29, 0.717) is 11.4 Å². The SMILES string of the molecule is CC=Cc1ccccc1Oc1cccc(N)c1C=CC.CC=Cc1ccccc1Oc1cccc(N)c1C=CC.O=S(=O)(O)O. The van der Waals surface area contributed by atoms with Crippen molar-refractivity contribution >= 4 is 46.1 Å². The molecule has 0 bridgehead atoms. The van der Waals surface area contributed by atoms with Gasteiger partial charge in [0.05, 0.1) is 0 Å². The minimum absolute atomic E-state index is 0.712. The number of hydrogen-bond acceptors (Lipinski definition) is 6. The summed E-state index contributed by atoms with van der Waals surface area (Å²) in [7, 11) is -4.67. The minimum Gasteiger partial charge on any atom is -0.456 e. The van der Waals surface area contributed by atoms with Gasteiger partial charge in [0.1, 0.15) is 23.0 Å². The van der Waals surface area contributed by atoms with E-state index in [1.165, 1.54) is 0 Å². The Labute approximate surface area is 266 Å². The Kier molecular flexibility index (Phi) is 14.9. The van der Waals surface area contributed by atoms with Gasteiger partial charge in [0.15, 0.2) is 0 Å². The fourth-order valence-electron chi connectivity index (χ4n) is 4.01. The summed E-state index contributed by atoms with van der Waals surface area (Å²) in [5.41, 5.74) is 17.4. The van der Waals surface area contributed by atoms with Crippen molar-refractivity contribution in [2.45, 2.75) is 27.7 Å². The lowest BCUT2D eigenvalue weighted by Gasteiger charge is -2.12. The van der Waals surface area contributed by atoms with Gasteiger partial charge in [-0.25, -0.2) is 0 Å². The highest BCUT2D eigenvalue weighted by Gasteiger charge is 2.09. The third-order valence-corrected chi connectivity index (χ3v) is 5.84. The van der Waals surface area contributed by atoms with Gasteiger partial charge in [-0.15, -0.1) is 0 Å². The standard InChI is InChI=1S/2C18H19NO.H2O4S/c2*1-3-8-14-10-5-6-12-17(14)20-18-13-7-11-16(19)15(18)9-4-2;1-5(2,3)4/h2*3-13H,19H2,1-2H3;(H2,1,2,3,4). The van der Waals surface area contributed by atoms with Crippen molar-refractivity contribution in [3.63, 3.8) is 0 Å². The molecular weight excluding hydrogens is 588 g/mol. The van der Waals surface area contributed by atoms with Crippen LogP contribution in [0.15, 0.2) is 109 Å². The number of rotatable bonds is 8. The zero-order valence-corrected chi connectivity index (χ0v) is 26.6. The smallest absolute Gasteiger partial charge is 0.394 e. The number of anilines is 2. The average molecular weight is 629 g/mol. The Hall–Kier alpha value is -5.09. The summed E-state index contributed by atoms with van der Waals surface area (Å²) in [5.74, 6) is 3.17. The molecular formula is C36H40N2O6S. The molecule has 0 spiro atoms. The molecule has 9 heteroatoms. The maximum atomic E-state index is 8.74. The molecule has 45 heavy (non-hydrogen) atoms. The molecule has 4 rings (SSSR count). The second kappa shape index (κ2) is 18.5. The molecule has 0 atom stereocenters. The first-order chi connectivity index (χ1) is 21.5. The second-order valence-electron chi connectivity index (χ2n) is 9.25. The van der Waals surface area contributed by atoms with Crippen molar-refractivity contribution in [2.24, 2.45) is 0 Å². The zero-order chi connectivity index (χ0) is 33.2. The maximum absolute atomic E-state index is 8.74. The predicted octanol–water partition coefficient (Wildman–Crippen LogP) is 9.60. The second-order valence-corrected chi connectivity index (χ2v) is 10.1. The molecule has 0 aliphatic carbocycles. The van der Waals surface area contributed by atoms with E-state index >= 15 is 0 Å². The largest absolute Gasteiger partial charge is 0.456 e. The fraction of sp³-hybridized carbons (Fsp3) is 0.111. The molecule has 0 fully saturated rings. The van der Waals surface area contributed by atoms with Crippen LogP contribution in [0.25, 0.3) is 24.3 Å². The zero-order valence-electron chi connectivity index (χ0n) is 25.8. The van der Waals surface area contributed by atoms with Crippen LogP contribution >= 0.6 is 0 Å². The normalized spacial score (nSPS) is 11.3. The summed E-state index contributed by atoms with van der Waals surface area (Å²) in [6.07, 6.45) is 15.9. The summed E-state index contributed by atoms with van der Waals surface area (Å²) in [4.78, 5) is 0. The summed E-state index contributed by atoms with van der Waals surface area (Å²) < 4.78 is 43.7. The quantitative estimate of drug-likeness (QED) is 0.111. The molecule has 4 aromatic carbocycles. The van der Waals surface area contributed by atoms with Crippen molar-refractivity contribution in [2.75, 3.05) is 11.5 Å². The van der Waals surface area contributed by atoms with Crippen LogP contribution in [0, 0.1) is 0 Å². The molecule has 8 nitrogen and oxygen atoms in total. The van der Waals surface area contributed by atoms with Gasteiger partial charge in [0, 0.05) is 33.6 Å². The van der Waals surface area contributed by atoms with Gasteiger partial charge >= 0.3 is 10.4 Å². The van der Waals surface area contributed by atoms with Crippen LogP contribution in [0.1, 0.15) is 49.9 Å². The van der Waals surface area contributed by atoms with E-state index in [0.717, 1.165) is 45.3 Å². The Bertz CT molecular complexity index is 1640. The lowest BCUT2D eigenvalue weighted by atomic mass is 10.1. The molecule has 0 aromatic heterocycles. The van der Waals surface area contributed by atoms with E-state index in [9.17, 15) is 0 Å². The Balaban J connectivity index is 0.000000273. The molecule has 4 aromatic rings. The number of benzene rings is 4. The summed E-state index contributed by atoms with van der Waals surface area (Å²) in [6, 6.07) is 27.3. The number of hydrogen-bond donors (Lipinski definition) is 4. The topological polar surface area (TPSA) is 145 Å². The van der Waals surface area contributed by atoms with Crippen LogP contribution in [-0.4, -0.2) is 17.5 Å². The predicted molar refractivity (Wildman–Crippen MR) is 188 cm³/mol. The van der Waals surface area contributed by atoms with Crippen LogP contribution in [-0.2, 0) is 10.4 Å². The lowest BCUT2D eigenvalue weighted by molar-refractivity contribution is 0.381. The van der Waals surface area contributed by atoms with Crippen LogP contribution < -0.4 is 20.9 Å². The molecule has 0 heterocycles. The molecule has 0 saturated heterocycles. The summed E-state index contributed by atoms with van der Waals surface area (Å²) in [5, 5.41) is 0. The Morgan fingerprint density at radius 1 is 0.511 bits per heavy atom. The highest BCUT2D eigenvalue weighted by atomic mass is 32.3. The first-order valence-corrected chi connectivity index (χ1v) is 15.4. The van der Waals surface area contributed by atoms with Crippen molar-refractivity contribution < 1.29 is 27.0 Å². The fourth-order valence-corrected chi connectivity index (χ4v) is 4.01. The van der Waals surface area contributed by atoms with E-state index in [-0.39, 0.29) is 0 Å². The molecule has 0 aliphatic rings. The van der Waals surface area contributed by atoms with E-state index in [1.54, 1.807) is 0 Å². The Morgan fingerprint density at radius 2 is 0.822 bits per heavy atom. The number of para-hydroxylation sites is 2. The van der Waals surface area contributed by atoms with Crippen molar-refractivity contribution in [1.82, 2.24) is 0 Å². The highest BCUT2D eigenvalue weighted by Crippen LogP contribution is 2.33. The number of allylic oxidation sites excluding steroid dienone is 4. The molecule has 0 saturated carbocycles. The van der Waals surface area contributed by atoms with Crippen molar-refractivity contribution in [3.05, 3.63) is 131 Å². The van der Waals surface area contributed by atoms with E-state index in [4.69, 9.17) is 38.5 Å². The van der Waals surface area contributed by atoms with Gasteiger partial charge in [-0.3, -0.25) is 9.11 Å². The van der Waals surface area contributed by atoms with Gasteiger partial charge in [0.2, 0.25) is 0 Å². The third-order valence-electron chi connectivity index (χ3n) is 5.84. The van der Waals surface area contributed by atoms with E-state index in [1.807, 2.05) is 161 Å². The van der Waals surface area contributed by atoms with Gasteiger partial charge in [-0.05, 0) is 64.1 Å². The maximum Gasteiger partial charge on any atom is 0.394 e. The molecule has 0 aliphatic heterocycles. The van der Waals surface area contributed by atoms with Gasteiger partial charge in [-0.1, -0.05) is 97.1 Å². The molecule has 0 unspecified atom stereocenters. The van der Waals surface area contributed by atoms with Crippen LogP contribution in [0.3, 0.4) is 0 Å². The summed E-state index contributed by atoms with van der Waals surface area (Å²) >= 11 is 0. The molecule has 0 amide bonds. The molecule has 236 valence electrons. The molecule has 6 N–H and O–H groups in total. The third kappa shape index (κ3) is 12.6. The van der Waals surface area contributed by atoms with Crippen LogP contribution in [0.5, 0.6) is 23.0 Å². The lowest BCUT2D eigenvalue weighted by Crippen LogP contribution is -1.94. The number of nitrogen functional groups attached to an aromatic ring is 2. The van der Waals surface area contributed by atoms with E-state index < -0.39 is 10.4 Å². The van der Waals surface area contributed by atoms with Crippen LogP contribution in [0.4, 0.5) is 11.4 Å². The minimum atomic E-state index is -4.67. The summed E-state index contributed by atoms with van der Waals surface area (Å²) in [6.45, 7) is 7.90. The van der Waals surface area contributed by atoms with Crippen LogP contribution in [0.2, 0.25) is 0 Å². The van der Waals surface area contributed by atoms with Crippen molar-refractivity contribution in [3.8, 4) is 23.0 Å². The highest BCUT2D eigenvalue weighted by molar-refractivity contribution is 7.79. The number of ether oxygens (including phenoxy) is 2. The average Bonchev–Trinajstić information content (AvgIpc) is 2.98. The Morgan fingerprint density at radius 3 is 1.16 bits per heavy atom. The van der Waals surface area contributed by atoms with Crippen molar-refractivity contribution in [1.29, 1.82) is 0 Å². The van der Waals surface area contributed by atoms with Gasteiger partial charge in [0.25, 0.3) is 0 Å². The van der Waals surface area contributed by atoms with E-state index in [2.05, 4.69) is 0 Å². The first-order valence-electron chi connectivity index (χ1n) is 14.0. The van der Waals surface area contributed by atoms with Gasteiger partial charge in [-0.2, -0.15) is 8.42 Å².